The number of nitrogens with zero attached hydrogens (tertiary/aromatic N) is 3. The zero-order valence-corrected chi connectivity index (χ0v) is 31.0. The first kappa shape index (κ1) is 32.1. The molecule has 0 unspecified atom stereocenters. The third-order valence-corrected chi connectivity index (χ3v) is 11.8. The van der Waals surface area contributed by atoms with E-state index in [0.29, 0.717) is 5.82 Å². The van der Waals surface area contributed by atoms with E-state index in [1.54, 1.807) is 0 Å². The Kier molecular flexibility index (Phi) is 7.58. The topological polar surface area (TPSA) is 30.7 Å². The maximum atomic E-state index is 5.35. The van der Waals surface area contributed by atoms with Gasteiger partial charge in [-0.25, -0.2) is 9.97 Å². The third-order valence-electron chi connectivity index (χ3n) is 10.6. The van der Waals surface area contributed by atoms with Gasteiger partial charge < -0.3 is 4.57 Å². The summed E-state index contributed by atoms with van der Waals surface area (Å²) in [5, 5.41) is 4.60. The Labute approximate surface area is 328 Å². The van der Waals surface area contributed by atoms with E-state index in [-0.39, 0.29) is 0 Å². The van der Waals surface area contributed by atoms with E-state index >= 15 is 0 Å². The standard InChI is InChI=1S/C52H31N3S/c1-5-15-34(16-6-1)38-25-27-41-42-28-26-39(35-17-7-2-8-18-35)30-49(42)55(48(41)29-38)40-31-44-43-23-13-14-24-50(43)56-51(44)45(32-40)47-33-46(36-19-9-3-10-20-36)53-52(54-47)37-21-11-4-12-22-37/h1-25,27,29-33H. The smallest absolute Gasteiger partial charge is 0.160 e. The van der Waals surface area contributed by atoms with Gasteiger partial charge in [0.25, 0.3) is 0 Å². The molecule has 0 aliphatic heterocycles. The van der Waals surface area contributed by atoms with Gasteiger partial charge in [-0.05, 0) is 53.1 Å². The summed E-state index contributed by atoms with van der Waals surface area (Å²) in [6.45, 7) is 0. The van der Waals surface area contributed by atoms with E-state index in [2.05, 4.69) is 180 Å². The first-order valence-corrected chi connectivity index (χ1v) is 19.6. The fraction of sp³-hybridized carbons (Fsp3) is 0. The maximum Gasteiger partial charge on any atom is 0.160 e. The lowest BCUT2D eigenvalue weighted by Crippen LogP contribution is -1.98. The van der Waals surface area contributed by atoms with Crippen LogP contribution < -0.4 is 0 Å². The molecule has 3 aromatic heterocycles. The Bertz CT molecular complexity index is 3070. The van der Waals surface area contributed by atoms with E-state index in [0.717, 1.165) is 72.3 Å². The summed E-state index contributed by atoms with van der Waals surface area (Å²) >= 11 is 1.82. The van der Waals surface area contributed by atoms with E-state index in [4.69, 9.17) is 9.97 Å². The molecule has 3 heterocycles. The van der Waals surface area contributed by atoms with Gasteiger partial charge in [0.15, 0.2) is 5.82 Å². The zero-order chi connectivity index (χ0) is 37.0. The highest BCUT2D eigenvalue weighted by Gasteiger charge is 2.20. The van der Waals surface area contributed by atoms with Crippen LogP contribution in [0.15, 0.2) is 188 Å². The molecule has 0 atom stereocenters. The van der Waals surface area contributed by atoms with Crippen LogP contribution in [0.1, 0.15) is 0 Å². The van der Waals surface area contributed by atoms with Crippen LogP contribution in [0.25, 0.3) is 104 Å². The normalized spacial score (nSPS) is 11.4. The first-order valence-electron chi connectivity index (χ1n) is 18.7. The van der Waals surface area contributed by atoms with E-state index in [1.807, 2.05) is 35.6 Å². The summed E-state index contributed by atoms with van der Waals surface area (Å²) in [5.41, 5.74) is 12.5. The average molecular weight is 730 g/mol. The number of benzene rings is 7. The lowest BCUT2D eigenvalue weighted by Gasteiger charge is -2.14. The summed E-state index contributed by atoms with van der Waals surface area (Å²) in [7, 11) is 0. The van der Waals surface area contributed by atoms with Crippen molar-refractivity contribution >= 4 is 53.3 Å². The molecule has 0 spiro atoms. The van der Waals surface area contributed by atoms with Crippen LogP contribution >= 0.6 is 11.3 Å². The first-order chi connectivity index (χ1) is 27.7. The van der Waals surface area contributed by atoms with Gasteiger partial charge in [-0.1, -0.05) is 164 Å². The van der Waals surface area contributed by atoms with Crippen molar-refractivity contribution < 1.29 is 0 Å². The molecular weight excluding hydrogens is 699 g/mol. The third kappa shape index (κ3) is 5.45. The highest BCUT2D eigenvalue weighted by atomic mass is 32.1. The van der Waals surface area contributed by atoms with Gasteiger partial charge in [-0.2, -0.15) is 0 Å². The molecule has 3 nitrogen and oxygen atoms in total. The minimum absolute atomic E-state index is 0.698. The predicted molar refractivity (Wildman–Crippen MR) is 234 cm³/mol. The molecule has 56 heavy (non-hydrogen) atoms. The van der Waals surface area contributed by atoms with Crippen molar-refractivity contribution in [2.75, 3.05) is 0 Å². The van der Waals surface area contributed by atoms with Crippen LogP contribution in [0.4, 0.5) is 0 Å². The second-order valence-electron chi connectivity index (χ2n) is 14.0. The summed E-state index contributed by atoms with van der Waals surface area (Å²) in [5.74, 6) is 0.698. The van der Waals surface area contributed by atoms with Gasteiger partial charge in [0.05, 0.1) is 27.8 Å². The summed E-state index contributed by atoms with van der Waals surface area (Å²) in [6, 6.07) is 73.5. The van der Waals surface area contributed by atoms with E-state index in [1.165, 1.54) is 25.7 Å². The molecule has 0 N–H and O–H groups in total. The fourth-order valence-corrected chi connectivity index (χ4v) is 9.14. The van der Waals surface area contributed by atoms with Crippen LogP contribution in [-0.2, 0) is 0 Å². The van der Waals surface area contributed by atoms with Crippen LogP contribution in [0.3, 0.4) is 0 Å². The van der Waals surface area contributed by atoms with Gasteiger partial charge in [0.2, 0.25) is 0 Å². The van der Waals surface area contributed by atoms with Gasteiger partial charge in [0.1, 0.15) is 0 Å². The SMILES string of the molecule is c1c(-c2ccccc2)cc2c(c#1)c1ccc(-c3ccccc3)cc1n2-c1cc(-c2cc(-c3ccccc3)nc(-c3ccccc3)n2)c2sc3ccccc3c2c1. The van der Waals surface area contributed by atoms with Crippen LogP contribution in [0, 0.1) is 12.1 Å². The lowest BCUT2D eigenvalue weighted by atomic mass is 10.0. The fourth-order valence-electron chi connectivity index (χ4n) is 7.93. The van der Waals surface area contributed by atoms with Crippen LogP contribution in [0.2, 0.25) is 0 Å². The molecule has 4 heteroatoms. The summed E-state index contributed by atoms with van der Waals surface area (Å²) < 4.78 is 4.85. The Morgan fingerprint density at radius 3 is 1.82 bits per heavy atom. The molecule has 260 valence electrons. The van der Waals surface area contributed by atoms with Gasteiger partial charge >= 0.3 is 0 Å². The number of rotatable bonds is 6. The summed E-state index contributed by atoms with van der Waals surface area (Å²) in [6.07, 6.45) is 0. The Morgan fingerprint density at radius 2 is 1.07 bits per heavy atom. The molecule has 0 saturated carbocycles. The van der Waals surface area contributed by atoms with Crippen molar-refractivity contribution in [3.05, 3.63) is 200 Å². The Hall–Kier alpha value is -7.32. The van der Waals surface area contributed by atoms with Gasteiger partial charge in [-0.15, -0.1) is 11.3 Å². The van der Waals surface area contributed by atoms with Gasteiger partial charge in [-0.3, -0.25) is 0 Å². The van der Waals surface area contributed by atoms with Crippen molar-refractivity contribution in [1.82, 2.24) is 14.5 Å². The molecule has 0 amide bonds. The molecule has 0 aliphatic carbocycles. The minimum atomic E-state index is 0.698. The van der Waals surface area contributed by atoms with Crippen molar-refractivity contribution in [2.45, 2.75) is 0 Å². The number of hydrogen-bond donors (Lipinski definition) is 0. The lowest BCUT2D eigenvalue weighted by molar-refractivity contribution is 1.17. The molecule has 0 radical (unpaired) electrons. The Balaban J connectivity index is 1.24. The number of fused-ring (bicyclic) bond motifs is 6. The predicted octanol–water partition coefficient (Wildman–Crippen LogP) is 13.9. The van der Waals surface area contributed by atoms with Gasteiger partial charge in [0, 0.05) is 53.5 Å². The quantitative estimate of drug-likeness (QED) is 0.171. The molecule has 8 aromatic carbocycles. The molecule has 11 aromatic rings. The molecule has 0 fully saturated rings. The minimum Gasteiger partial charge on any atom is -0.308 e. The number of aromatic nitrogens is 3. The molecule has 0 bridgehead atoms. The highest BCUT2D eigenvalue weighted by Crippen LogP contribution is 2.44. The number of thiophene rings is 1. The van der Waals surface area contributed by atoms with E-state index < -0.39 is 0 Å². The average Bonchev–Trinajstić information content (AvgIpc) is 3.82. The number of hydrogen-bond acceptors (Lipinski definition) is 3. The second kappa shape index (κ2) is 13.2. The van der Waals surface area contributed by atoms with E-state index in [9.17, 15) is 0 Å². The van der Waals surface area contributed by atoms with Crippen LogP contribution in [0.5, 0.6) is 0 Å². The van der Waals surface area contributed by atoms with Crippen molar-refractivity contribution in [3.8, 4) is 61.8 Å². The van der Waals surface area contributed by atoms with Crippen molar-refractivity contribution in [2.24, 2.45) is 0 Å². The highest BCUT2D eigenvalue weighted by molar-refractivity contribution is 7.26. The monoisotopic (exact) mass is 729 g/mol. The largest absolute Gasteiger partial charge is 0.308 e. The van der Waals surface area contributed by atoms with Crippen LogP contribution in [-0.4, -0.2) is 14.5 Å². The molecular formula is C52H31N3S. The van der Waals surface area contributed by atoms with Crippen molar-refractivity contribution in [3.63, 3.8) is 0 Å². The molecule has 11 rings (SSSR count). The summed E-state index contributed by atoms with van der Waals surface area (Å²) in [4.78, 5) is 10.5. The van der Waals surface area contributed by atoms with Crippen molar-refractivity contribution in [1.29, 1.82) is 0 Å². The second-order valence-corrected chi connectivity index (χ2v) is 15.1. The Morgan fingerprint density at radius 1 is 0.429 bits per heavy atom. The molecule has 0 saturated heterocycles. The molecule has 0 aliphatic rings. The maximum absolute atomic E-state index is 5.35. The zero-order valence-electron chi connectivity index (χ0n) is 30.1.